The van der Waals surface area contributed by atoms with Crippen LogP contribution in [-0.2, 0) is 0 Å². The molecule has 0 heterocycles. The van der Waals surface area contributed by atoms with Gasteiger partial charge < -0.3 is 5.73 Å². The second-order valence-corrected chi connectivity index (χ2v) is 3.27. The first-order valence-corrected chi connectivity index (χ1v) is 4.73. The summed E-state index contributed by atoms with van der Waals surface area (Å²) in [4.78, 5) is 0. The molecule has 0 radical (unpaired) electrons. The van der Waals surface area contributed by atoms with Crippen molar-refractivity contribution in [3.63, 3.8) is 0 Å². The Morgan fingerprint density at radius 1 is 1.62 bits per heavy atom. The van der Waals surface area contributed by atoms with E-state index in [1.54, 1.807) is 0 Å². The van der Waals surface area contributed by atoms with Crippen LogP contribution in [0.3, 0.4) is 0 Å². The van der Waals surface area contributed by atoms with E-state index in [0.29, 0.717) is 5.92 Å². The molecule has 0 fully saturated rings. The highest BCUT2D eigenvalue weighted by atomic mass is 14.5. The molecule has 1 atom stereocenters. The highest BCUT2D eigenvalue weighted by molar-refractivity contribution is 5.31. The molecule has 1 rings (SSSR count). The van der Waals surface area contributed by atoms with Crippen molar-refractivity contribution in [1.29, 1.82) is 0 Å². The van der Waals surface area contributed by atoms with Crippen LogP contribution in [0.15, 0.2) is 48.2 Å². The molecule has 0 saturated carbocycles. The molecule has 2 N–H and O–H groups in total. The van der Waals surface area contributed by atoms with Gasteiger partial charge in [0.15, 0.2) is 0 Å². The second-order valence-electron chi connectivity index (χ2n) is 3.27. The average molecular weight is 175 g/mol. The molecule has 70 valence electrons. The van der Waals surface area contributed by atoms with Gasteiger partial charge in [0.05, 0.1) is 0 Å². The Bertz CT molecular complexity index is 269. The molecule has 0 aromatic heterocycles. The van der Waals surface area contributed by atoms with Gasteiger partial charge in [0.25, 0.3) is 0 Å². The largest absolute Gasteiger partial charge is 0.399 e. The van der Waals surface area contributed by atoms with Crippen molar-refractivity contribution in [3.8, 4) is 0 Å². The van der Waals surface area contributed by atoms with Gasteiger partial charge in [-0.2, -0.15) is 0 Å². The third-order valence-electron chi connectivity index (χ3n) is 2.35. The van der Waals surface area contributed by atoms with Gasteiger partial charge in [-0.3, -0.25) is 0 Å². The number of rotatable bonds is 3. The minimum atomic E-state index is 0.492. The fourth-order valence-electron chi connectivity index (χ4n) is 1.51. The zero-order chi connectivity index (χ0) is 9.68. The summed E-state index contributed by atoms with van der Waals surface area (Å²) >= 11 is 0. The molecule has 0 amide bonds. The molecular formula is C12H17N. The predicted molar refractivity (Wildman–Crippen MR) is 58.1 cm³/mol. The molecule has 0 aromatic rings. The van der Waals surface area contributed by atoms with Crippen LogP contribution < -0.4 is 5.73 Å². The molecule has 1 heteroatoms. The first-order valence-electron chi connectivity index (χ1n) is 4.73. The molecule has 0 aliphatic heterocycles. The lowest BCUT2D eigenvalue weighted by Gasteiger charge is -2.11. The molecule has 0 bridgehead atoms. The quantitative estimate of drug-likeness (QED) is 0.656. The van der Waals surface area contributed by atoms with Crippen LogP contribution in [0.5, 0.6) is 0 Å². The van der Waals surface area contributed by atoms with Crippen LogP contribution in [0, 0.1) is 5.92 Å². The Kier molecular flexibility index (Phi) is 3.56. The summed E-state index contributed by atoms with van der Waals surface area (Å²) in [5, 5.41) is 0. The van der Waals surface area contributed by atoms with Gasteiger partial charge in [-0.15, -0.1) is 6.58 Å². The van der Waals surface area contributed by atoms with E-state index in [1.807, 2.05) is 18.2 Å². The topological polar surface area (TPSA) is 26.0 Å². The zero-order valence-electron chi connectivity index (χ0n) is 8.16. The first kappa shape index (κ1) is 9.85. The van der Waals surface area contributed by atoms with E-state index < -0.39 is 0 Å². The number of allylic oxidation sites excluding steroid dienone is 6. The molecule has 0 aromatic carbocycles. The van der Waals surface area contributed by atoms with E-state index in [-0.39, 0.29) is 0 Å². The summed E-state index contributed by atoms with van der Waals surface area (Å²) < 4.78 is 0. The average Bonchev–Trinajstić information content (AvgIpc) is 2.34. The normalized spacial score (nSPS) is 18.5. The Morgan fingerprint density at radius 2 is 2.38 bits per heavy atom. The molecule has 0 saturated heterocycles. The van der Waals surface area contributed by atoms with Crippen molar-refractivity contribution in [2.75, 3.05) is 0 Å². The second kappa shape index (κ2) is 4.70. The van der Waals surface area contributed by atoms with Crippen LogP contribution in [-0.4, -0.2) is 0 Å². The molecule has 13 heavy (non-hydrogen) atoms. The van der Waals surface area contributed by atoms with E-state index in [4.69, 9.17) is 5.73 Å². The molecule has 1 aliphatic carbocycles. The van der Waals surface area contributed by atoms with Crippen LogP contribution in [0.25, 0.3) is 0 Å². The third-order valence-corrected chi connectivity index (χ3v) is 2.35. The Balaban J connectivity index is 2.81. The van der Waals surface area contributed by atoms with Gasteiger partial charge in [0.2, 0.25) is 0 Å². The summed E-state index contributed by atoms with van der Waals surface area (Å²) in [6.07, 6.45) is 12.2. The van der Waals surface area contributed by atoms with E-state index in [0.717, 1.165) is 18.5 Å². The fourth-order valence-corrected chi connectivity index (χ4v) is 1.51. The molecule has 1 aliphatic rings. The van der Waals surface area contributed by atoms with Gasteiger partial charge in [-0.1, -0.05) is 30.7 Å². The van der Waals surface area contributed by atoms with Crippen LogP contribution in [0.1, 0.15) is 19.8 Å². The summed E-state index contributed by atoms with van der Waals surface area (Å²) in [5.41, 5.74) is 7.91. The van der Waals surface area contributed by atoms with Gasteiger partial charge in [0, 0.05) is 5.70 Å². The van der Waals surface area contributed by atoms with Crippen molar-refractivity contribution >= 4 is 0 Å². The van der Waals surface area contributed by atoms with Crippen molar-refractivity contribution in [2.24, 2.45) is 11.7 Å². The molecule has 0 spiro atoms. The molecule has 1 nitrogen and oxygen atoms in total. The van der Waals surface area contributed by atoms with Crippen LogP contribution in [0.4, 0.5) is 0 Å². The van der Waals surface area contributed by atoms with E-state index in [9.17, 15) is 0 Å². The Morgan fingerprint density at radius 3 is 3.00 bits per heavy atom. The molecule has 1 unspecified atom stereocenters. The van der Waals surface area contributed by atoms with Gasteiger partial charge >= 0.3 is 0 Å². The lowest BCUT2D eigenvalue weighted by atomic mass is 9.94. The lowest BCUT2D eigenvalue weighted by molar-refractivity contribution is 0.712. The maximum Gasteiger partial charge on any atom is 0.0310 e. The highest BCUT2D eigenvalue weighted by Gasteiger charge is 2.07. The van der Waals surface area contributed by atoms with Crippen LogP contribution in [0.2, 0.25) is 0 Å². The number of nitrogens with two attached hydrogens (primary N) is 1. The van der Waals surface area contributed by atoms with Gasteiger partial charge in [0.1, 0.15) is 0 Å². The van der Waals surface area contributed by atoms with Crippen molar-refractivity contribution in [3.05, 3.63) is 48.2 Å². The minimum absolute atomic E-state index is 0.492. The van der Waals surface area contributed by atoms with Crippen molar-refractivity contribution in [1.82, 2.24) is 0 Å². The van der Waals surface area contributed by atoms with E-state index in [1.165, 1.54) is 5.57 Å². The smallest absolute Gasteiger partial charge is 0.0310 e. The lowest BCUT2D eigenvalue weighted by Crippen LogP contribution is -1.97. The van der Waals surface area contributed by atoms with E-state index >= 15 is 0 Å². The first-order chi connectivity index (χ1) is 6.27. The summed E-state index contributed by atoms with van der Waals surface area (Å²) in [6.45, 7) is 6.02. The highest BCUT2D eigenvalue weighted by Crippen LogP contribution is 2.21. The Labute approximate surface area is 80.3 Å². The number of hydrogen-bond acceptors (Lipinski definition) is 1. The zero-order valence-corrected chi connectivity index (χ0v) is 8.16. The maximum atomic E-state index is 5.68. The standard InChI is InChI=1S/C12H17N/c1-3-10(4-2)11-6-5-7-12(13)9-8-11/h3,5,7-10H,1,4,6,13H2,2H3. The fraction of sp³-hybridized carbons (Fsp3) is 0.333. The minimum Gasteiger partial charge on any atom is -0.399 e. The predicted octanol–water partition coefficient (Wildman–Crippen LogP) is 2.93. The maximum absolute atomic E-state index is 5.68. The van der Waals surface area contributed by atoms with Crippen molar-refractivity contribution in [2.45, 2.75) is 19.8 Å². The van der Waals surface area contributed by atoms with E-state index in [2.05, 4.69) is 25.7 Å². The summed E-state index contributed by atoms with van der Waals surface area (Å²) in [5.74, 6) is 0.492. The summed E-state index contributed by atoms with van der Waals surface area (Å²) in [7, 11) is 0. The summed E-state index contributed by atoms with van der Waals surface area (Å²) in [6, 6.07) is 0. The third kappa shape index (κ3) is 2.62. The monoisotopic (exact) mass is 175 g/mol. The molecular weight excluding hydrogens is 158 g/mol. The SMILES string of the molecule is C=CC(CC)C1=CC=C(N)C=CC1. The Hall–Kier alpha value is -1.24. The van der Waals surface area contributed by atoms with Gasteiger partial charge in [-0.25, -0.2) is 0 Å². The number of hydrogen-bond donors (Lipinski definition) is 1. The van der Waals surface area contributed by atoms with Crippen molar-refractivity contribution < 1.29 is 0 Å². The van der Waals surface area contributed by atoms with Gasteiger partial charge in [-0.05, 0) is 30.9 Å². The van der Waals surface area contributed by atoms with Crippen LogP contribution >= 0.6 is 0 Å².